The lowest BCUT2D eigenvalue weighted by molar-refractivity contribution is 0.288. The van der Waals surface area contributed by atoms with Crippen LogP contribution in [0, 0.1) is 34.9 Å². The van der Waals surface area contributed by atoms with Gasteiger partial charge in [0.2, 0.25) is 5.82 Å². The van der Waals surface area contributed by atoms with Crippen molar-refractivity contribution in [1.29, 1.82) is 0 Å². The second kappa shape index (κ2) is 14.6. The summed E-state index contributed by atoms with van der Waals surface area (Å²) in [4.78, 5) is 0. The Hall–Kier alpha value is -3.48. The van der Waals surface area contributed by atoms with E-state index in [1.54, 1.807) is 18.2 Å². The van der Waals surface area contributed by atoms with Crippen LogP contribution >= 0.6 is 0 Å². The van der Waals surface area contributed by atoms with Gasteiger partial charge in [-0.15, -0.1) is 0 Å². The van der Waals surface area contributed by atoms with Crippen molar-refractivity contribution in [1.82, 2.24) is 0 Å². The Labute approximate surface area is 243 Å². The van der Waals surface area contributed by atoms with Crippen molar-refractivity contribution in [3.8, 4) is 5.75 Å². The SMILES string of the molecule is C/C=C/CCc1ccc(C2CC=C(c3ccc(CCc4ccc(OCCCC)c(F)c4F)c(F)c3F)CC2)c(F)c1F. The molecule has 0 saturated heterocycles. The number of unbranched alkanes of at least 4 members (excludes halogenated alkanes) is 1. The zero-order valence-electron chi connectivity index (χ0n) is 24.0. The molecule has 224 valence electrons. The van der Waals surface area contributed by atoms with Crippen LogP contribution in [0.3, 0.4) is 0 Å². The third kappa shape index (κ3) is 7.11. The molecule has 0 bridgehead atoms. The summed E-state index contributed by atoms with van der Waals surface area (Å²) in [6.07, 6.45) is 9.30. The summed E-state index contributed by atoms with van der Waals surface area (Å²) in [6, 6.07) is 8.95. The Balaban J connectivity index is 1.43. The number of hydrogen-bond donors (Lipinski definition) is 0. The fraction of sp³-hybridized carbons (Fsp3) is 0.371. The molecule has 0 aromatic heterocycles. The molecule has 4 rings (SSSR count). The highest BCUT2D eigenvalue weighted by Crippen LogP contribution is 2.39. The number of hydrogen-bond acceptors (Lipinski definition) is 1. The maximum atomic E-state index is 15.1. The molecule has 0 radical (unpaired) electrons. The van der Waals surface area contributed by atoms with Gasteiger partial charge in [0.25, 0.3) is 0 Å². The van der Waals surface area contributed by atoms with E-state index < -0.39 is 34.9 Å². The molecule has 3 aromatic carbocycles. The highest BCUT2D eigenvalue weighted by Gasteiger charge is 2.25. The smallest absolute Gasteiger partial charge is 0.200 e. The maximum Gasteiger partial charge on any atom is 0.200 e. The molecule has 0 fully saturated rings. The van der Waals surface area contributed by atoms with Crippen molar-refractivity contribution in [3.63, 3.8) is 0 Å². The molecule has 3 aromatic rings. The van der Waals surface area contributed by atoms with Crippen molar-refractivity contribution in [2.75, 3.05) is 6.61 Å². The van der Waals surface area contributed by atoms with Crippen LogP contribution < -0.4 is 4.74 Å². The lowest BCUT2D eigenvalue weighted by Gasteiger charge is -2.24. The molecule has 1 aliphatic rings. The molecule has 1 atom stereocenters. The topological polar surface area (TPSA) is 9.23 Å². The largest absolute Gasteiger partial charge is 0.490 e. The Morgan fingerprint density at radius 1 is 0.762 bits per heavy atom. The minimum absolute atomic E-state index is 0.0195. The van der Waals surface area contributed by atoms with Crippen molar-refractivity contribution in [2.24, 2.45) is 0 Å². The Bertz CT molecular complexity index is 1460. The van der Waals surface area contributed by atoms with Gasteiger partial charge >= 0.3 is 0 Å². The van der Waals surface area contributed by atoms with Crippen LogP contribution in [0.15, 0.2) is 54.6 Å². The van der Waals surface area contributed by atoms with Gasteiger partial charge < -0.3 is 4.74 Å². The van der Waals surface area contributed by atoms with Crippen LogP contribution in [-0.2, 0) is 19.3 Å². The summed E-state index contributed by atoms with van der Waals surface area (Å²) >= 11 is 0. The van der Waals surface area contributed by atoms with Crippen LogP contribution in [0.25, 0.3) is 5.57 Å². The van der Waals surface area contributed by atoms with Crippen LogP contribution in [-0.4, -0.2) is 6.61 Å². The number of allylic oxidation sites excluding steroid dienone is 4. The predicted molar refractivity (Wildman–Crippen MR) is 155 cm³/mol. The second-order valence-corrected chi connectivity index (χ2v) is 10.7. The fourth-order valence-electron chi connectivity index (χ4n) is 5.38. The van der Waals surface area contributed by atoms with Gasteiger partial charge in [-0.2, -0.15) is 4.39 Å². The van der Waals surface area contributed by atoms with Gasteiger partial charge in [-0.1, -0.05) is 61.9 Å². The molecule has 7 heteroatoms. The monoisotopic (exact) mass is 586 g/mol. The average molecular weight is 587 g/mol. The number of benzene rings is 3. The Kier molecular flexibility index (Phi) is 10.9. The Morgan fingerprint density at radius 2 is 1.40 bits per heavy atom. The van der Waals surface area contributed by atoms with Gasteiger partial charge in [-0.3, -0.25) is 0 Å². The van der Waals surface area contributed by atoms with E-state index in [1.165, 1.54) is 24.3 Å². The molecule has 1 aliphatic carbocycles. The first kappa shape index (κ1) is 31.5. The molecule has 0 saturated carbocycles. The van der Waals surface area contributed by atoms with E-state index >= 15 is 8.78 Å². The zero-order valence-corrected chi connectivity index (χ0v) is 24.0. The quantitative estimate of drug-likeness (QED) is 0.117. The van der Waals surface area contributed by atoms with Gasteiger partial charge in [0.05, 0.1) is 6.61 Å². The predicted octanol–water partition coefficient (Wildman–Crippen LogP) is 10.3. The van der Waals surface area contributed by atoms with Crippen molar-refractivity contribution in [3.05, 3.63) is 117 Å². The normalized spacial score (nSPS) is 15.3. The molecule has 0 N–H and O–H groups in total. The Morgan fingerprint density at radius 3 is 2.07 bits per heavy atom. The standard InChI is InChI=1S/C35H36F6O/c1-3-5-7-8-24-15-18-27(33(39)30(24)36)22-9-11-23(12-10-22)28-19-16-25(31(37)34(28)40)13-14-26-17-20-29(35(41)32(26)38)42-21-6-4-2/h3,5,11,15-20,22H,4,6-10,12-14,21H2,1-2H3/b5-3+. The average Bonchev–Trinajstić information content (AvgIpc) is 2.99. The summed E-state index contributed by atoms with van der Waals surface area (Å²) in [5.41, 5.74) is 1.45. The molecule has 1 nitrogen and oxygen atoms in total. The van der Waals surface area contributed by atoms with E-state index in [-0.39, 0.29) is 47.8 Å². The third-order valence-electron chi connectivity index (χ3n) is 7.91. The summed E-state index contributed by atoms with van der Waals surface area (Å²) < 4.78 is 94.0. The number of halogens is 6. The lowest BCUT2D eigenvalue weighted by atomic mass is 9.81. The van der Waals surface area contributed by atoms with Gasteiger partial charge in [0.1, 0.15) is 0 Å². The van der Waals surface area contributed by atoms with Crippen molar-refractivity contribution >= 4 is 5.57 Å². The first-order chi connectivity index (χ1) is 20.3. The van der Waals surface area contributed by atoms with Crippen molar-refractivity contribution < 1.29 is 31.1 Å². The molecule has 0 spiro atoms. The maximum absolute atomic E-state index is 15.1. The highest BCUT2D eigenvalue weighted by molar-refractivity contribution is 5.67. The van der Waals surface area contributed by atoms with Gasteiger partial charge in [0, 0.05) is 5.56 Å². The summed E-state index contributed by atoms with van der Waals surface area (Å²) in [5.74, 6) is -6.28. The van der Waals surface area contributed by atoms with Gasteiger partial charge in [0.15, 0.2) is 34.8 Å². The lowest BCUT2D eigenvalue weighted by Crippen LogP contribution is -2.10. The van der Waals surface area contributed by atoms with E-state index in [9.17, 15) is 17.6 Å². The second-order valence-electron chi connectivity index (χ2n) is 10.7. The van der Waals surface area contributed by atoms with E-state index in [1.807, 2.05) is 26.0 Å². The van der Waals surface area contributed by atoms with Crippen LogP contribution in [0.5, 0.6) is 5.75 Å². The summed E-state index contributed by atoms with van der Waals surface area (Å²) in [5, 5.41) is 0. The molecular weight excluding hydrogens is 550 g/mol. The first-order valence-electron chi connectivity index (χ1n) is 14.6. The third-order valence-corrected chi connectivity index (χ3v) is 7.91. The number of ether oxygens (including phenoxy) is 1. The molecule has 42 heavy (non-hydrogen) atoms. The molecule has 0 aliphatic heterocycles. The van der Waals surface area contributed by atoms with Gasteiger partial charge in [-0.25, -0.2) is 22.0 Å². The van der Waals surface area contributed by atoms with E-state index in [4.69, 9.17) is 4.74 Å². The zero-order chi connectivity index (χ0) is 30.2. The van der Waals surface area contributed by atoms with Crippen molar-refractivity contribution in [2.45, 2.75) is 77.6 Å². The fourth-order valence-corrected chi connectivity index (χ4v) is 5.38. The van der Waals surface area contributed by atoms with Crippen LogP contribution in [0.1, 0.15) is 86.1 Å². The van der Waals surface area contributed by atoms with E-state index in [2.05, 4.69) is 0 Å². The van der Waals surface area contributed by atoms with E-state index in [0.29, 0.717) is 55.2 Å². The molecule has 1 unspecified atom stereocenters. The van der Waals surface area contributed by atoms with Gasteiger partial charge in [-0.05, 0) is 98.1 Å². The highest BCUT2D eigenvalue weighted by atomic mass is 19.2. The van der Waals surface area contributed by atoms with Crippen LogP contribution in [0.4, 0.5) is 26.3 Å². The first-order valence-corrected chi connectivity index (χ1v) is 14.6. The number of aryl methyl sites for hydroxylation is 3. The molecule has 0 heterocycles. The number of rotatable bonds is 12. The minimum atomic E-state index is -1.09. The van der Waals surface area contributed by atoms with Crippen LogP contribution in [0.2, 0.25) is 0 Å². The molecule has 0 amide bonds. The summed E-state index contributed by atoms with van der Waals surface area (Å²) in [7, 11) is 0. The van der Waals surface area contributed by atoms with E-state index in [0.717, 1.165) is 6.42 Å². The summed E-state index contributed by atoms with van der Waals surface area (Å²) in [6.45, 7) is 4.11. The molecular formula is C35H36F6O. The minimum Gasteiger partial charge on any atom is -0.490 e.